The van der Waals surface area contributed by atoms with Gasteiger partial charge in [0, 0.05) is 28.4 Å². The first kappa shape index (κ1) is 14.6. The van der Waals surface area contributed by atoms with Crippen LogP contribution < -0.4 is 0 Å². The van der Waals surface area contributed by atoms with Crippen LogP contribution in [0.25, 0.3) is 21.8 Å². The van der Waals surface area contributed by atoms with Gasteiger partial charge in [0.15, 0.2) is 0 Å². The zero-order valence-electron chi connectivity index (χ0n) is 13.3. The number of benzene rings is 2. The van der Waals surface area contributed by atoms with E-state index in [2.05, 4.69) is 87.7 Å². The van der Waals surface area contributed by atoms with Crippen LogP contribution in [-0.4, -0.2) is 4.57 Å². The topological polar surface area (TPSA) is 4.93 Å². The largest absolute Gasteiger partial charge is 0.341 e. The molecule has 1 aromatic heterocycles. The number of aryl methyl sites for hydroxylation is 1. The molecule has 0 atom stereocenters. The Labute approximate surface area is 122 Å². The van der Waals surface area contributed by atoms with Crippen molar-refractivity contribution in [2.45, 2.75) is 41.2 Å². The fourth-order valence-corrected chi connectivity index (χ4v) is 2.34. The third-order valence-corrected chi connectivity index (χ3v) is 3.00. The van der Waals surface area contributed by atoms with E-state index >= 15 is 0 Å². The summed E-state index contributed by atoms with van der Waals surface area (Å²) in [6, 6.07) is 17.2. The second-order valence-electron chi connectivity index (χ2n) is 6.78. The molecule has 106 valence electrons. The van der Waals surface area contributed by atoms with Crippen molar-refractivity contribution in [2.75, 3.05) is 0 Å². The van der Waals surface area contributed by atoms with Gasteiger partial charge in [-0.1, -0.05) is 64.1 Å². The standard InChI is InChI=1S/C14H13N.C5H12/c1-2-15-13-9-5-3-7-11(13)12-8-4-6-10-14(12)15;1-5(2,3)4/h3-10H,2H2,1H3;1-4H3. The molecule has 0 fully saturated rings. The van der Waals surface area contributed by atoms with Gasteiger partial charge < -0.3 is 4.57 Å². The first-order chi connectivity index (χ1) is 9.42. The Morgan fingerprint density at radius 3 is 1.45 bits per heavy atom. The molecule has 0 N–H and O–H groups in total. The van der Waals surface area contributed by atoms with Gasteiger partial charge in [-0.3, -0.25) is 0 Å². The molecule has 0 amide bonds. The van der Waals surface area contributed by atoms with Crippen LogP contribution in [0.1, 0.15) is 34.6 Å². The zero-order chi connectivity index (χ0) is 14.8. The van der Waals surface area contributed by atoms with Gasteiger partial charge in [-0.05, 0) is 24.5 Å². The summed E-state index contributed by atoms with van der Waals surface area (Å²) in [5.41, 5.74) is 3.17. The number of fused-ring (bicyclic) bond motifs is 3. The molecule has 0 spiro atoms. The highest BCUT2D eigenvalue weighted by molar-refractivity contribution is 6.07. The molecule has 0 bridgehead atoms. The van der Waals surface area contributed by atoms with Crippen LogP contribution in [0.15, 0.2) is 48.5 Å². The van der Waals surface area contributed by atoms with Crippen LogP contribution in [0.3, 0.4) is 0 Å². The SMILES string of the molecule is CC(C)(C)C.CCn1c2ccccc2c2ccccc21. The molecular formula is C19H25N. The summed E-state index contributed by atoms with van der Waals surface area (Å²) >= 11 is 0. The third kappa shape index (κ3) is 3.22. The van der Waals surface area contributed by atoms with Gasteiger partial charge in [0.1, 0.15) is 0 Å². The average molecular weight is 267 g/mol. The molecule has 0 radical (unpaired) electrons. The normalized spacial score (nSPS) is 11.4. The molecule has 3 aromatic rings. The minimum absolute atomic E-state index is 0.500. The van der Waals surface area contributed by atoms with Crippen LogP contribution in [-0.2, 0) is 6.54 Å². The lowest BCUT2D eigenvalue weighted by molar-refractivity contribution is 0.469. The molecule has 1 nitrogen and oxygen atoms in total. The maximum Gasteiger partial charge on any atom is 0.0491 e. The van der Waals surface area contributed by atoms with Gasteiger partial charge in [0.05, 0.1) is 0 Å². The summed E-state index contributed by atoms with van der Waals surface area (Å²) < 4.78 is 2.37. The highest BCUT2D eigenvalue weighted by atomic mass is 15.0. The molecule has 0 aliphatic carbocycles. The summed E-state index contributed by atoms with van der Waals surface area (Å²) in [5, 5.41) is 2.71. The van der Waals surface area contributed by atoms with Crippen LogP contribution in [0.4, 0.5) is 0 Å². The van der Waals surface area contributed by atoms with E-state index in [4.69, 9.17) is 0 Å². The second kappa shape index (κ2) is 5.70. The summed E-state index contributed by atoms with van der Waals surface area (Å²) in [6.07, 6.45) is 0. The van der Waals surface area contributed by atoms with E-state index in [9.17, 15) is 0 Å². The highest BCUT2D eigenvalue weighted by Gasteiger charge is 2.06. The first-order valence-electron chi connectivity index (χ1n) is 7.38. The van der Waals surface area contributed by atoms with E-state index in [0.29, 0.717) is 5.41 Å². The molecule has 0 unspecified atom stereocenters. The fraction of sp³-hybridized carbons (Fsp3) is 0.368. The van der Waals surface area contributed by atoms with E-state index in [1.54, 1.807) is 0 Å². The molecule has 1 heteroatoms. The maximum atomic E-state index is 2.37. The van der Waals surface area contributed by atoms with Crippen molar-refractivity contribution < 1.29 is 0 Å². The number of aromatic nitrogens is 1. The molecule has 20 heavy (non-hydrogen) atoms. The Hall–Kier alpha value is -1.76. The monoisotopic (exact) mass is 267 g/mol. The second-order valence-corrected chi connectivity index (χ2v) is 6.78. The summed E-state index contributed by atoms with van der Waals surface area (Å²) in [7, 11) is 0. The molecule has 0 aliphatic rings. The summed E-state index contributed by atoms with van der Waals surface area (Å²) in [5.74, 6) is 0. The van der Waals surface area contributed by atoms with Crippen LogP contribution in [0.5, 0.6) is 0 Å². The Bertz CT molecular complexity index is 639. The quantitative estimate of drug-likeness (QED) is 0.520. The molecule has 0 aliphatic heterocycles. The fourth-order valence-electron chi connectivity index (χ4n) is 2.34. The predicted octanol–water partition coefficient (Wildman–Crippen LogP) is 5.87. The number of nitrogens with zero attached hydrogens (tertiary/aromatic N) is 1. The van der Waals surface area contributed by atoms with Crippen molar-refractivity contribution in [3.05, 3.63) is 48.5 Å². The van der Waals surface area contributed by atoms with Gasteiger partial charge >= 0.3 is 0 Å². The van der Waals surface area contributed by atoms with E-state index in [-0.39, 0.29) is 0 Å². The van der Waals surface area contributed by atoms with Crippen molar-refractivity contribution in [1.82, 2.24) is 4.57 Å². The van der Waals surface area contributed by atoms with Crippen molar-refractivity contribution >= 4 is 21.8 Å². The number of hydrogen-bond donors (Lipinski definition) is 0. The van der Waals surface area contributed by atoms with E-state index < -0.39 is 0 Å². The lowest BCUT2D eigenvalue weighted by atomic mass is 10.0. The van der Waals surface area contributed by atoms with Gasteiger partial charge in [0.25, 0.3) is 0 Å². The Morgan fingerprint density at radius 2 is 1.10 bits per heavy atom. The van der Waals surface area contributed by atoms with Crippen molar-refractivity contribution in [1.29, 1.82) is 0 Å². The Morgan fingerprint density at radius 1 is 0.750 bits per heavy atom. The zero-order valence-corrected chi connectivity index (χ0v) is 13.3. The minimum atomic E-state index is 0.500. The number of hydrogen-bond acceptors (Lipinski definition) is 0. The smallest absolute Gasteiger partial charge is 0.0491 e. The van der Waals surface area contributed by atoms with Gasteiger partial charge in [-0.25, -0.2) is 0 Å². The average Bonchev–Trinajstić information content (AvgIpc) is 2.71. The number of rotatable bonds is 1. The Balaban J connectivity index is 0.000000257. The molecule has 3 rings (SSSR count). The van der Waals surface area contributed by atoms with Crippen molar-refractivity contribution in [3.8, 4) is 0 Å². The predicted molar refractivity (Wildman–Crippen MR) is 90.2 cm³/mol. The number of para-hydroxylation sites is 2. The van der Waals surface area contributed by atoms with Crippen LogP contribution in [0.2, 0.25) is 0 Å². The van der Waals surface area contributed by atoms with Crippen molar-refractivity contribution in [2.24, 2.45) is 5.41 Å². The van der Waals surface area contributed by atoms with Crippen LogP contribution >= 0.6 is 0 Å². The maximum absolute atomic E-state index is 2.37. The lowest BCUT2D eigenvalue weighted by Gasteiger charge is -2.05. The van der Waals surface area contributed by atoms with Crippen LogP contribution in [0, 0.1) is 5.41 Å². The summed E-state index contributed by atoms with van der Waals surface area (Å²) in [6.45, 7) is 12.0. The van der Waals surface area contributed by atoms with Gasteiger partial charge in [-0.2, -0.15) is 0 Å². The van der Waals surface area contributed by atoms with Gasteiger partial charge in [-0.15, -0.1) is 0 Å². The minimum Gasteiger partial charge on any atom is -0.341 e. The molecule has 2 aromatic carbocycles. The van der Waals surface area contributed by atoms with Gasteiger partial charge in [0.2, 0.25) is 0 Å². The van der Waals surface area contributed by atoms with E-state index in [0.717, 1.165) is 6.54 Å². The van der Waals surface area contributed by atoms with Crippen molar-refractivity contribution in [3.63, 3.8) is 0 Å². The first-order valence-corrected chi connectivity index (χ1v) is 7.38. The van der Waals surface area contributed by atoms with E-state index in [1.165, 1.54) is 21.8 Å². The highest BCUT2D eigenvalue weighted by Crippen LogP contribution is 2.28. The summed E-state index contributed by atoms with van der Waals surface area (Å²) in [4.78, 5) is 0. The Kier molecular flexibility index (Phi) is 4.17. The molecule has 0 saturated carbocycles. The van der Waals surface area contributed by atoms with E-state index in [1.807, 2.05) is 0 Å². The third-order valence-electron chi connectivity index (χ3n) is 3.00. The molecule has 0 saturated heterocycles. The lowest BCUT2D eigenvalue weighted by Crippen LogP contribution is -1.93. The molecular weight excluding hydrogens is 242 g/mol. The molecule has 1 heterocycles.